The van der Waals surface area contributed by atoms with Crippen molar-refractivity contribution in [3.63, 3.8) is 0 Å². The van der Waals surface area contributed by atoms with Crippen molar-refractivity contribution in [2.45, 2.75) is 128 Å². The van der Waals surface area contributed by atoms with Crippen LogP contribution in [0.2, 0.25) is 0 Å². The fraction of sp³-hybridized carbons (Fsp3) is 0.815. The molecule has 0 unspecified atom stereocenters. The Bertz CT molecular complexity index is 774. The Morgan fingerprint density at radius 3 is 2.57 bits per heavy atom. The number of allylic oxidation sites excluding steroid dienone is 1. The molecule has 2 saturated heterocycles. The topological polar surface area (TPSA) is 118 Å². The highest BCUT2D eigenvalue weighted by molar-refractivity contribution is 5.96. The number of rotatable bonds is 16. The van der Waals surface area contributed by atoms with E-state index >= 15 is 0 Å². The van der Waals surface area contributed by atoms with Gasteiger partial charge >= 0.3 is 5.97 Å². The third-order valence-electron chi connectivity index (χ3n) is 7.45. The van der Waals surface area contributed by atoms with E-state index in [2.05, 4.69) is 29.1 Å². The maximum Gasteiger partial charge on any atom is 0.337 e. The molecule has 8 heteroatoms. The number of hydrogen-bond donors (Lipinski definition) is 3. The van der Waals surface area contributed by atoms with Gasteiger partial charge in [0.25, 0.3) is 0 Å². The van der Waals surface area contributed by atoms with Crippen LogP contribution in [0.15, 0.2) is 21.3 Å². The third kappa shape index (κ3) is 7.87. The first-order chi connectivity index (χ1) is 17.0. The molecule has 0 aromatic rings. The molecule has 3 aliphatic heterocycles. The minimum Gasteiger partial charge on any atom is -0.462 e. The van der Waals surface area contributed by atoms with Gasteiger partial charge in [0.05, 0.1) is 18.2 Å². The van der Waals surface area contributed by atoms with E-state index < -0.39 is 0 Å². The van der Waals surface area contributed by atoms with Gasteiger partial charge in [0, 0.05) is 24.3 Å². The van der Waals surface area contributed by atoms with E-state index in [1.54, 1.807) is 0 Å². The van der Waals surface area contributed by atoms with Gasteiger partial charge < -0.3 is 26.4 Å². The van der Waals surface area contributed by atoms with E-state index in [1.807, 2.05) is 0 Å². The zero-order chi connectivity index (χ0) is 25.0. The van der Waals surface area contributed by atoms with Gasteiger partial charge in [-0.05, 0) is 44.9 Å². The summed E-state index contributed by atoms with van der Waals surface area (Å²) in [6, 6.07) is 0.835. The van der Waals surface area contributed by atoms with Crippen LogP contribution in [0.1, 0.15) is 110 Å². The smallest absolute Gasteiger partial charge is 0.337 e. The number of nitrogens with zero attached hydrogens (tertiary/aromatic N) is 3. The second-order valence-corrected chi connectivity index (χ2v) is 10.3. The SMILES string of the molecule is CCCCCCC[C@H]1C[C@H]2CCC3=C(C(=O)OCCCCN=C(N)N)[C@@H](CCCCC)N=C(N1)N32. The molecule has 3 heterocycles. The summed E-state index contributed by atoms with van der Waals surface area (Å²) in [7, 11) is 0. The third-order valence-corrected chi connectivity index (χ3v) is 7.45. The molecule has 8 nitrogen and oxygen atoms in total. The summed E-state index contributed by atoms with van der Waals surface area (Å²) in [6.45, 7) is 5.41. The molecule has 0 amide bonds. The lowest BCUT2D eigenvalue weighted by Crippen LogP contribution is -2.56. The number of nitrogens with two attached hydrogens (primary N) is 2. The summed E-state index contributed by atoms with van der Waals surface area (Å²) in [5, 5.41) is 3.76. The summed E-state index contributed by atoms with van der Waals surface area (Å²) in [6.07, 6.45) is 16.8. The van der Waals surface area contributed by atoms with Crippen LogP contribution >= 0.6 is 0 Å². The zero-order valence-corrected chi connectivity index (χ0v) is 22.1. The normalized spacial score (nSPS) is 23.0. The molecule has 198 valence electrons. The molecule has 0 bridgehead atoms. The van der Waals surface area contributed by atoms with Gasteiger partial charge in [-0.1, -0.05) is 65.2 Å². The molecule has 3 aliphatic rings. The first-order valence-corrected chi connectivity index (χ1v) is 14.1. The molecular formula is C27H48N6O2. The Hall–Kier alpha value is -2.25. The molecule has 5 N–H and O–H groups in total. The fourth-order valence-electron chi connectivity index (χ4n) is 5.60. The quantitative estimate of drug-likeness (QED) is 0.129. The van der Waals surface area contributed by atoms with Crippen molar-refractivity contribution in [3.8, 4) is 0 Å². The number of aliphatic imine (C=N–C) groups is 2. The molecule has 3 atom stereocenters. The number of ether oxygens (including phenoxy) is 1. The van der Waals surface area contributed by atoms with Gasteiger partial charge in [-0.2, -0.15) is 0 Å². The average Bonchev–Trinajstić information content (AvgIpc) is 3.25. The Labute approximate surface area is 212 Å². The molecular weight excluding hydrogens is 440 g/mol. The van der Waals surface area contributed by atoms with Crippen molar-refractivity contribution in [1.82, 2.24) is 10.2 Å². The fourth-order valence-corrected chi connectivity index (χ4v) is 5.60. The van der Waals surface area contributed by atoms with Gasteiger partial charge in [0.1, 0.15) is 0 Å². The molecule has 0 aliphatic carbocycles. The molecule has 2 fully saturated rings. The lowest BCUT2D eigenvalue weighted by atomic mass is 9.95. The highest BCUT2D eigenvalue weighted by Gasteiger charge is 2.44. The van der Waals surface area contributed by atoms with Crippen LogP contribution < -0.4 is 16.8 Å². The van der Waals surface area contributed by atoms with E-state index in [4.69, 9.17) is 21.2 Å². The van der Waals surface area contributed by atoms with Crippen LogP contribution in [0.25, 0.3) is 0 Å². The van der Waals surface area contributed by atoms with Crippen LogP contribution in [-0.4, -0.2) is 54.1 Å². The van der Waals surface area contributed by atoms with Crippen molar-refractivity contribution in [2.75, 3.05) is 13.2 Å². The molecule has 3 rings (SSSR count). The molecule has 0 spiro atoms. The van der Waals surface area contributed by atoms with Gasteiger partial charge in [0.2, 0.25) is 0 Å². The van der Waals surface area contributed by atoms with E-state index in [0.717, 1.165) is 75.0 Å². The number of guanidine groups is 2. The number of carbonyl (C=O) groups excluding carboxylic acids is 1. The van der Waals surface area contributed by atoms with Crippen LogP contribution in [0.4, 0.5) is 0 Å². The average molecular weight is 489 g/mol. The van der Waals surface area contributed by atoms with Crippen molar-refractivity contribution in [3.05, 3.63) is 11.3 Å². The highest BCUT2D eigenvalue weighted by Crippen LogP contribution is 2.40. The van der Waals surface area contributed by atoms with E-state index in [1.165, 1.54) is 38.5 Å². The predicted octanol–water partition coefficient (Wildman–Crippen LogP) is 4.34. The lowest BCUT2D eigenvalue weighted by molar-refractivity contribution is -0.139. The number of nitrogens with one attached hydrogen (secondary N) is 1. The lowest BCUT2D eigenvalue weighted by Gasteiger charge is -2.42. The summed E-state index contributed by atoms with van der Waals surface area (Å²) in [4.78, 5) is 24.7. The first kappa shape index (κ1) is 27.3. The Balaban J connectivity index is 1.63. The number of unbranched alkanes of at least 4 members (excludes halogenated alkanes) is 7. The summed E-state index contributed by atoms with van der Waals surface area (Å²) < 4.78 is 5.74. The Kier molecular flexibility index (Phi) is 11.2. The first-order valence-electron chi connectivity index (χ1n) is 14.1. The van der Waals surface area contributed by atoms with E-state index in [-0.39, 0.29) is 18.0 Å². The van der Waals surface area contributed by atoms with Crippen LogP contribution in [-0.2, 0) is 9.53 Å². The van der Waals surface area contributed by atoms with Gasteiger partial charge in [-0.15, -0.1) is 0 Å². The van der Waals surface area contributed by atoms with E-state index in [9.17, 15) is 4.79 Å². The van der Waals surface area contributed by atoms with Gasteiger partial charge in [0.15, 0.2) is 11.9 Å². The molecule has 0 radical (unpaired) electrons. The second-order valence-electron chi connectivity index (χ2n) is 10.3. The molecule has 0 saturated carbocycles. The molecule has 35 heavy (non-hydrogen) atoms. The Morgan fingerprint density at radius 2 is 1.80 bits per heavy atom. The highest BCUT2D eigenvalue weighted by atomic mass is 16.5. The summed E-state index contributed by atoms with van der Waals surface area (Å²) in [5.74, 6) is 0.914. The molecule has 0 aromatic carbocycles. The second kappa shape index (κ2) is 14.3. The predicted molar refractivity (Wildman–Crippen MR) is 143 cm³/mol. The van der Waals surface area contributed by atoms with Crippen molar-refractivity contribution < 1.29 is 9.53 Å². The minimum atomic E-state index is -0.190. The maximum absolute atomic E-state index is 13.3. The van der Waals surface area contributed by atoms with Crippen molar-refractivity contribution in [1.29, 1.82) is 0 Å². The number of carbonyl (C=O) groups is 1. The Morgan fingerprint density at radius 1 is 1.06 bits per heavy atom. The van der Waals surface area contributed by atoms with Gasteiger partial charge in [-0.25, -0.2) is 9.79 Å². The monoisotopic (exact) mass is 488 g/mol. The maximum atomic E-state index is 13.3. The summed E-state index contributed by atoms with van der Waals surface area (Å²) in [5.41, 5.74) is 12.7. The van der Waals surface area contributed by atoms with Crippen LogP contribution in [0.5, 0.6) is 0 Å². The van der Waals surface area contributed by atoms with E-state index in [0.29, 0.717) is 25.2 Å². The standard InChI is InChI=1S/C27H48N6O2/c1-3-5-7-8-10-13-20-19-21-15-16-23-24(25(34)35-18-12-11-17-30-26(28)29)22(14-9-6-4-2)32-27(31-20)33(21)23/h20-22H,3-19H2,1-2H3,(H,31,32)(H4,28,29,30)/t20-,21+,22+/m0/s1. The minimum absolute atomic E-state index is 0.101. The van der Waals surface area contributed by atoms with Crippen molar-refractivity contribution in [2.24, 2.45) is 21.5 Å². The van der Waals surface area contributed by atoms with Crippen molar-refractivity contribution >= 4 is 17.9 Å². The largest absolute Gasteiger partial charge is 0.462 e. The van der Waals surface area contributed by atoms with Crippen LogP contribution in [0.3, 0.4) is 0 Å². The number of esters is 1. The molecule has 0 aromatic heterocycles. The summed E-state index contributed by atoms with van der Waals surface area (Å²) >= 11 is 0. The zero-order valence-electron chi connectivity index (χ0n) is 22.1. The van der Waals surface area contributed by atoms with Crippen LogP contribution in [0, 0.1) is 0 Å². The van der Waals surface area contributed by atoms with Gasteiger partial charge in [-0.3, -0.25) is 4.99 Å². The number of hydrogen-bond acceptors (Lipinski definition) is 6.